The number of aromatic nitrogens is 2. The number of hydrogen-bond acceptors (Lipinski definition) is 5. The zero-order chi connectivity index (χ0) is 13.0. The maximum absolute atomic E-state index is 5.29. The van der Waals surface area contributed by atoms with E-state index in [0.29, 0.717) is 12.5 Å². The van der Waals surface area contributed by atoms with E-state index in [9.17, 15) is 0 Å². The van der Waals surface area contributed by atoms with Crippen LogP contribution >= 0.6 is 0 Å². The maximum Gasteiger partial charge on any atom is 0.135 e. The minimum Gasteiger partial charge on any atom is -0.467 e. The Morgan fingerprint density at radius 2 is 2.06 bits per heavy atom. The van der Waals surface area contributed by atoms with Gasteiger partial charge in [0, 0.05) is 12.6 Å². The van der Waals surface area contributed by atoms with Gasteiger partial charge in [0.2, 0.25) is 0 Å². The molecule has 0 spiro atoms. The number of rotatable bonds is 5. The fourth-order valence-electron chi connectivity index (χ4n) is 1.87. The van der Waals surface area contributed by atoms with Gasteiger partial charge in [-0.15, -0.1) is 0 Å². The molecule has 0 saturated heterocycles. The molecular weight excluding hydrogens is 228 g/mol. The molecule has 2 aromatic rings. The van der Waals surface area contributed by atoms with Gasteiger partial charge < -0.3 is 15.1 Å². The molecule has 0 saturated carbocycles. The number of hydrogen-bond donors (Lipinski definition) is 2. The zero-order valence-electron chi connectivity index (χ0n) is 10.9. The summed E-state index contributed by atoms with van der Waals surface area (Å²) in [4.78, 5) is 8.54. The Hall–Kier alpha value is -2.04. The Morgan fingerprint density at radius 3 is 2.67 bits per heavy atom. The normalized spacial score (nSPS) is 10.7. The standard InChI is InChI=1S/C13H18N4O/c1-9(2)11-12(14-3)16-8-17-13(11)15-7-10-5-4-6-18-10/h4-6,8-9H,7H2,1-3H3,(H2,14,15,16,17). The quantitative estimate of drug-likeness (QED) is 0.849. The molecule has 2 aromatic heterocycles. The molecule has 0 bridgehead atoms. The molecule has 0 unspecified atom stereocenters. The molecule has 0 aliphatic carbocycles. The first-order valence-electron chi connectivity index (χ1n) is 6.01. The third-order valence-corrected chi connectivity index (χ3v) is 2.71. The van der Waals surface area contributed by atoms with Crippen LogP contribution in [0.5, 0.6) is 0 Å². The van der Waals surface area contributed by atoms with Crippen LogP contribution in [0.25, 0.3) is 0 Å². The average molecular weight is 246 g/mol. The molecule has 0 fully saturated rings. The van der Waals surface area contributed by atoms with Gasteiger partial charge in [0.1, 0.15) is 23.7 Å². The highest BCUT2D eigenvalue weighted by atomic mass is 16.3. The number of nitrogens with zero attached hydrogens (tertiary/aromatic N) is 2. The van der Waals surface area contributed by atoms with Gasteiger partial charge >= 0.3 is 0 Å². The predicted molar refractivity (Wildman–Crippen MR) is 71.7 cm³/mol. The van der Waals surface area contributed by atoms with Crippen molar-refractivity contribution in [1.29, 1.82) is 0 Å². The van der Waals surface area contributed by atoms with Gasteiger partial charge in [-0.05, 0) is 18.1 Å². The summed E-state index contributed by atoms with van der Waals surface area (Å²) in [6.45, 7) is 4.86. The molecular formula is C13H18N4O. The summed E-state index contributed by atoms with van der Waals surface area (Å²) >= 11 is 0. The molecule has 0 amide bonds. The second-order valence-electron chi connectivity index (χ2n) is 4.32. The van der Waals surface area contributed by atoms with Crippen molar-refractivity contribution in [3.05, 3.63) is 36.0 Å². The fraction of sp³-hybridized carbons (Fsp3) is 0.385. The second kappa shape index (κ2) is 5.53. The van der Waals surface area contributed by atoms with Gasteiger partial charge in [0.15, 0.2) is 0 Å². The lowest BCUT2D eigenvalue weighted by Gasteiger charge is -2.16. The lowest BCUT2D eigenvalue weighted by atomic mass is 10.0. The van der Waals surface area contributed by atoms with Gasteiger partial charge in [-0.3, -0.25) is 0 Å². The van der Waals surface area contributed by atoms with Crippen LogP contribution in [0, 0.1) is 0 Å². The van der Waals surface area contributed by atoms with Crippen LogP contribution in [-0.2, 0) is 6.54 Å². The van der Waals surface area contributed by atoms with Crippen LogP contribution in [0.1, 0.15) is 31.1 Å². The first-order valence-corrected chi connectivity index (χ1v) is 6.01. The third-order valence-electron chi connectivity index (χ3n) is 2.71. The van der Waals surface area contributed by atoms with E-state index in [1.54, 1.807) is 12.6 Å². The lowest BCUT2D eigenvalue weighted by Crippen LogP contribution is -2.09. The minimum absolute atomic E-state index is 0.341. The Bertz CT molecular complexity index is 494. The zero-order valence-corrected chi connectivity index (χ0v) is 10.9. The van der Waals surface area contributed by atoms with Crippen molar-refractivity contribution in [2.24, 2.45) is 0 Å². The molecule has 0 aliphatic heterocycles. The van der Waals surface area contributed by atoms with Crippen molar-refractivity contribution >= 4 is 11.6 Å². The first kappa shape index (κ1) is 12.4. The van der Waals surface area contributed by atoms with Crippen molar-refractivity contribution in [2.75, 3.05) is 17.7 Å². The highest BCUT2D eigenvalue weighted by molar-refractivity contribution is 5.58. The van der Waals surface area contributed by atoms with Gasteiger partial charge in [0.05, 0.1) is 12.8 Å². The van der Waals surface area contributed by atoms with E-state index < -0.39 is 0 Å². The maximum atomic E-state index is 5.29. The summed E-state index contributed by atoms with van der Waals surface area (Å²) in [6, 6.07) is 3.81. The van der Waals surface area contributed by atoms with E-state index in [4.69, 9.17) is 4.42 Å². The summed E-state index contributed by atoms with van der Waals surface area (Å²) in [5, 5.41) is 6.38. The monoisotopic (exact) mass is 246 g/mol. The molecule has 0 aliphatic rings. The summed E-state index contributed by atoms with van der Waals surface area (Å²) in [5.74, 6) is 2.93. The van der Waals surface area contributed by atoms with Crippen LogP contribution in [0.3, 0.4) is 0 Å². The second-order valence-corrected chi connectivity index (χ2v) is 4.32. The Balaban J connectivity index is 2.21. The summed E-state index contributed by atoms with van der Waals surface area (Å²) < 4.78 is 5.29. The van der Waals surface area contributed by atoms with Crippen molar-refractivity contribution in [3.8, 4) is 0 Å². The van der Waals surface area contributed by atoms with E-state index in [1.807, 2.05) is 19.2 Å². The molecule has 5 heteroatoms. The van der Waals surface area contributed by atoms with Crippen LogP contribution in [0.2, 0.25) is 0 Å². The van der Waals surface area contributed by atoms with E-state index in [2.05, 4.69) is 34.4 Å². The third kappa shape index (κ3) is 2.61. The Kier molecular flexibility index (Phi) is 3.82. The molecule has 0 aromatic carbocycles. The van der Waals surface area contributed by atoms with Crippen LogP contribution < -0.4 is 10.6 Å². The van der Waals surface area contributed by atoms with Crippen molar-refractivity contribution in [2.45, 2.75) is 26.3 Å². The number of nitrogens with one attached hydrogen (secondary N) is 2. The highest BCUT2D eigenvalue weighted by Gasteiger charge is 2.13. The Morgan fingerprint density at radius 1 is 1.28 bits per heavy atom. The van der Waals surface area contributed by atoms with Gasteiger partial charge in [-0.1, -0.05) is 13.8 Å². The van der Waals surface area contributed by atoms with Crippen LogP contribution in [0.15, 0.2) is 29.1 Å². The van der Waals surface area contributed by atoms with Crippen molar-refractivity contribution in [3.63, 3.8) is 0 Å². The summed E-state index contributed by atoms with van der Waals surface area (Å²) in [6.07, 6.45) is 3.22. The molecule has 96 valence electrons. The smallest absolute Gasteiger partial charge is 0.135 e. The van der Waals surface area contributed by atoms with Crippen molar-refractivity contribution in [1.82, 2.24) is 9.97 Å². The molecule has 2 rings (SSSR count). The highest BCUT2D eigenvalue weighted by Crippen LogP contribution is 2.28. The molecule has 0 atom stereocenters. The molecule has 2 N–H and O–H groups in total. The molecule has 5 nitrogen and oxygen atoms in total. The molecule has 2 heterocycles. The number of anilines is 2. The average Bonchev–Trinajstić information content (AvgIpc) is 2.88. The van der Waals surface area contributed by atoms with Gasteiger partial charge in [0.25, 0.3) is 0 Å². The molecule has 18 heavy (non-hydrogen) atoms. The SMILES string of the molecule is CNc1ncnc(NCc2ccco2)c1C(C)C. The van der Waals surface area contributed by atoms with E-state index in [-0.39, 0.29) is 0 Å². The topological polar surface area (TPSA) is 63.0 Å². The van der Waals surface area contributed by atoms with Crippen LogP contribution in [0.4, 0.5) is 11.6 Å². The van der Waals surface area contributed by atoms with Gasteiger partial charge in [-0.25, -0.2) is 9.97 Å². The largest absolute Gasteiger partial charge is 0.467 e. The van der Waals surface area contributed by atoms with Crippen molar-refractivity contribution < 1.29 is 4.42 Å². The first-order chi connectivity index (χ1) is 8.72. The lowest BCUT2D eigenvalue weighted by molar-refractivity contribution is 0.517. The number of furan rings is 1. The Labute approximate surface area is 107 Å². The van der Waals surface area contributed by atoms with E-state index in [0.717, 1.165) is 23.0 Å². The van der Waals surface area contributed by atoms with E-state index >= 15 is 0 Å². The molecule has 0 radical (unpaired) electrons. The summed E-state index contributed by atoms with van der Waals surface area (Å²) in [5.41, 5.74) is 1.09. The van der Waals surface area contributed by atoms with Crippen LogP contribution in [-0.4, -0.2) is 17.0 Å². The fourth-order valence-corrected chi connectivity index (χ4v) is 1.87. The van der Waals surface area contributed by atoms with Gasteiger partial charge in [-0.2, -0.15) is 0 Å². The summed E-state index contributed by atoms with van der Waals surface area (Å²) in [7, 11) is 1.87. The predicted octanol–water partition coefficient (Wildman–Crippen LogP) is 2.85. The minimum atomic E-state index is 0.341. The van der Waals surface area contributed by atoms with E-state index in [1.165, 1.54) is 0 Å².